The van der Waals surface area contributed by atoms with E-state index in [4.69, 9.17) is 5.73 Å². The van der Waals surface area contributed by atoms with Gasteiger partial charge in [-0.3, -0.25) is 4.98 Å². The second-order valence-corrected chi connectivity index (χ2v) is 5.87. The van der Waals surface area contributed by atoms with Gasteiger partial charge in [-0.2, -0.15) is 0 Å². The molecule has 17 heavy (non-hydrogen) atoms. The zero-order chi connectivity index (χ0) is 12.0. The number of aromatic nitrogens is 1. The highest BCUT2D eigenvalue weighted by atomic mass is 15.1. The first-order valence-corrected chi connectivity index (χ1v) is 6.50. The summed E-state index contributed by atoms with van der Waals surface area (Å²) in [4.78, 5) is 6.99. The summed E-state index contributed by atoms with van der Waals surface area (Å²) in [5.41, 5.74) is 10.6. The maximum atomic E-state index is 6.51. The Morgan fingerprint density at radius 1 is 1.41 bits per heavy atom. The predicted octanol–water partition coefficient (Wildman–Crippen LogP) is 1.66. The fourth-order valence-electron chi connectivity index (χ4n) is 3.36. The minimum atomic E-state index is 0.193. The standard InChI is InChI=1S/C14H21N3/c1-10-7-11-12(16-9-10)8-14(13(11)15)3-5-17(2)6-4-14/h7,9,13H,3-6,8,15H2,1-2H3/t13-/m1/s1. The van der Waals surface area contributed by atoms with E-state index >= 15 is 0 Å². The third kappa shape index (κ3) is 1.69. The van der Waals surface area contributed by atoms with Crippen LogP contribution in [0.3, 0.4) is 0 Å². The summed E-state index contributed by atoms with van der Waals surface area (Å²) in [7, 11) is 2.20. The minimum absolute atomic E-state index is 0.193. The summed E-state index contributed by atoms with van der Waals surface area (Å²) in [6, 6.07) is 2.43. The molecule has 92 valence electrons. The summed E-state index contributed by atoms with van der Waals surface area (Å²) < 4.78 is 0. The van der Waals surface area contributed by atoms with Crippen molar-refractivity contribution in [2.75, 3.05) is 20.1 Å². The normalized spacial score (nSPS) is 27.4. The van der Waals surface area contributed by atoms with Crippen molar-refractivity contribution in [3.8, 4) is 0 Å². The molecule has 1 aromatic heterocycles. The molecule has 1 aromatic rings. The second kappa shape index (κ2) is 3.79. The first-order valence-electron chi connectivity index (χ1n) is 6.50. The Morgan fingerprint density at radius 3 is 2.82 bits per heavy atom. The number of pyridine rings is 1. The van der Waals surface area contributed by atoms with Gasteiger partial charge in [0.15, 0.2) is 0 Å². The average molecular weight is 231 g/mol. The van der Waals surface area contributed by atoms with Gasteiger partial charge in [0.05, 0.1) is 0 Å². The molecule has 3 nitrogen and oxygen atoms in total. The molecule has 2 N–H and O–H groups in total. The van der Waals surface area contributed by atoms with E-state index in [1.54, 1.807) is 0 Å². The highest BCUT2D eigenvalue weighted by Crippen LogP contribution is 2.49. The van der Waals surface area contributed by atoms with Crippen molar-refractivity contribution in [3.05, 3.63) is 29.1 Å². The lowest BCUT2D eigenvalue weighted by atomic mass is 9.73. The van der Waals surface area contributed by atoms with Crippen molar-refractivity contribution in [2.45, 2.75) is 32.2 Å². The highest BCUT2D eigenvalue weighted by molar-refractivity contribution is 5.35. The van der Waals surface area contributed by atoms with Crippen LogP contribution >= 0.6 is 0 Å². The van der Waals surface area contributed by atoms with Crippen molar-refractivity contribution >= 4 is 0 Å². The van der Waals surface area contributed by atoms with Gasteiger partial charge >= 0.3 is 0 Å². The average Bonchev–Trinajstić information content (AvgIpc) is 2.58. The van der Waals surface area contributed by atoms with E-state index in [1.165, 1.54) is 42.8 Å². The van der Waals surface area contributed by atoms with Crippen molar-refractivity contribution < 1.29 is 0 Å². The van der Waals surface area contributed by atoms with Crippen LogP contribution in [-0.2, 0) is 6.42 Å². The molecular formula is C14H21N3. The Morgan fingerprint density at radius 2 is 2.12 bits per heavy atom. The molecule has 0 amide bonds. The van der Waals surface area contributed by atoms with Crippen molar-refractivity contribution in [3.63, 3.8) is 0 Å². The van der Waals surface area contributed by atoms with E-state index in [0.717, 1.165) is 6.42 Å². The minimum Gasteiger partial charge on any atom is -0.323 e. The molecule has 0 saturated carbocycles. The number of aryl methyl sites for hydroxylation is 1. The number of hydrogen-bond donors (Lipinski definition) is 1. The van der Waals surface area contributed by atoms with Crippen LogP contribution in [0.4, 0.5) is 0 Å². The third-order valence-electron chi connectivity index (χ3n) is 4.64. The summed E-state index contributed by atoms with van der Waals surface area (Å²) in [6.07, 6.45) is 5.47. The quantitative estimate of drug-likeness (QED) is 0.738. The highest BCUT2D eigenvalue weighted by Gasteiger charge is 2.46. The lowest BCUT2D eigenvalue weighted by Gasteiger charge is -2.40. The molecule has 0 bridgehead atoms. The monoisotopic (exact) mass is 231 g/mol. The second-order valence-electron chi connectivity index (χ2n) is 5.87. The van der Waals surface area contributed by atoms with Gasteiger partial charge in [0.2, 0.25) is 0 Å². The summed E-state index contributed by atoms with van der Waals surface area (Å²) in [6.45, 7) is 4.43. The molecule has 1 aliphatic heterocycles. The van der Waals surface area contributed by atoms with E-state index in [2.05, 4.69) is 29.9 Å². The van der Waals surface area contributed by atoms with E-state index < -0.39 is 0 Å². The molecule has 1 spiro atoms. The van der Waals surface area contributed by atoms with Gasteiger partial charge in [-0.15, -0.1) is 0 Å². The number of hydrogen-bond acceptors (Lipinski definition) is 3. The van der Waals surface area contributed by atoms with Crippen LogP contribution in [0.15, 0.2) is 12.3 Å². The smallest absolute Gasteiger partial charge is 0.0457 e. The van der Waals surface area contributed by atoms with Crippen LogP contribution in [0.2, 0.25) is 0 Å². The molecule has 1 aliphatic carbocycles. The number of nitrogens with zero attached hydrogens (tertiary/aromatic N) is 2. The van der Waals surface area contributed by atoms with Crippen LogP contribution in [0.5, 0.6) is 0 Å². The maximum absolute atomic E-state index is 6.51. The van der Waals surface area contributed by atoms with E-state index in [1.807, 2.05) is 6.20 Å². The Hall–Kier alpha value is -0.930. The predicted molar refractivity (Wildman–Crippen MR) is 68.8 cm³/mol. The van der Waals surface area contributed by atoms with Crippen LogP contribution in [0.1, 0.15) is 35.7 Å². The number of fused-ring (bicyclic) bond motifs is 1. The topological polar surface area (TPSA) is 42.1 Å². The zero-order valence-corrected chi connectivity index (χ0v) is 10.7. The molecule has 0 aromatic carbocycles. The van der Waals surface area contributed by atoms with Crippen molar-refractivity contribution in [1.29, 1.82) is 0 Å². The first-order chi connectivity index (χ1) is 8.11. The Balaban J connectivity index is 1.93. The number of likely N-dealkylation sites (tertiary alicyclic amines) is 1. The molecular weight excluding hydrogens is 210 g/mol. The number of rotatable bonds is 0. The van der Waals surface area contributed by atoms with Gasteiger partial charge in [0, 0.05) is 17.9 Å². The van der Waals surface area contributed by atoms with Gasteiger partial charge in [0.25, 0.3) is 0 Å². The Kier molecular flexibility index (Phi) is 2.49. The Labute approximate surface area is 103 Å². The van der Waals surface area contributed by atoms with Gasteiger partial charge in [-0.1, -0.05) is 6.07 Å². The summed E-state index contributed by atoms with van der Waals surface area (Å²) in [5, 5.41) is 0. The molecule has 0 unspecified atom stereocenters. The van der Waals surface area contributed by atoms with Gasteiger partial charge in [-0.05, 0) is 62.9 Å². The lowest BCUT2D eigenvalue weighted by Crippen LogP contribution is -2.42. The molecule has 1 atom stereocenters. The van der Waals surface area contributed by atoms with Crippen LogP contribution < -0.4 is 5.73 Å². The van der Waals surface area contributed by atoms with Crippen LogP contribution in [0.25, 0.3) is 0 Å². The van der Waals surface area contributed by atoms with Crippen molar-refractivity contribution in [1.82, 2.24) is 9.88 Å². The summed E-state index contributed by atoms with van der Waals surface area (Å²) in [5.74, 6) is 0. The van der Waals surface area contributed by atoms with Crippen molar-refractivity contribution in [2.24, 2.45) is 11.1 Å². The molecule has 3 heteroatoms. The third-order valence-corrected chi connectivity index (χ3v) is 4.64. The maximum Gasteiger partial charge on any atom is 0.0457 e. The van der Waals surface area contributed by atoms with E-state index in [9.17, 15) is 0 Å². The van der Waals surface area contributed by atoms with Gasteiger partial charge < -0.3 is 10.6 Å². The SMILES string of the molecule is Cc1cnc2c(c1)[C@@H](N)C1(CCN(C)CC1)C2. The number of piperidine rings is 1. The largest absolute Gasteiger partial charge is 0.323 e. The zero-order valence-electron chi connectivity index (χ0n) is 10.7. The molecule has 3 rings (SSSR count). The number of nitrogens with two attached hydrogens (primary N) is 1. The molecule has 2 aliphatic rings. The molecule has 0 radical (unpaired) electrons. The van der Waals surface area contributed by atoms with Gasteiger partial charge in [0.1, 0.15) is 0 Å². The van der Waals surface area contributed by atoms with E-state index in [0.29, 0.717) is 0 Å². The fraction of sp³-hybridized carbons (Fsp3) is 0.643. The molecule has 1 saturated heterocycles. The Bertz CT molecular complexity index is 433. The lowest BCUT2D eigenvalue weighted by molar-refractivity contribution is 0.105. The molecule has 2 heterocycles. The first kappa shape index (κ1) is 11.2. The van der Waals surface area contributed by atoms with Crippen LogP contribution in [-0.4, -0.2) is 30.0 Å². The van der Waals surface area contributed by atoms with Gasteiger partial charge in [-0.25, -0.2) is 0 Å². The molecule has 1 fully saturated rings. The summed E-state index contributed by atoms with van der Waals surface area (Å²) >= 11 is 0. The fourth-order valence-corrected chi connectivity index (χ4v) is 3.36. The van der Waals surface area contributed by atoms with Crippen LogP contribution in [0, 0.1) is 12.3 Å². The van der Waals surface area contributed by atoms with E-state index in [-0.39, 0.29) is 11.5 Å².